The van der Waals surface area contributed by atoms with E-state index in [9.17, 15) is 8.42 Å². The second kappa shape index (κ2) is 6.91. The SMILES string of the molecule is CN(C)CCNS(=O)(=O)c1ccc(-c2ccc(N)cc2)cc1. The molecule has 0 radical (unpaired) electrons. The lowest BCUT2D eigenvalue weighted by molar-refractivity contribution is 0.412. The Labute approximate surface area is 131 Å². The van der Waals surface area contributed by atoms with E-state index in [1.165, 1.54) is 0 Å². The monoisotopic (exact) mass is 319 g/mol. The Balaban J connectivity index is 2.12. The van der Waals surface area contributed by atoms with Crippen LogP contribution in [0.4, 0.5) is 5.69 Å². The van der Waals surface area contributed by atoms with Gasteiger partial charge in [0.25, 0.3) is 0 Å². The molecule has 0 fully saturated rings. The van der Waals surface area contributed by atoms with Crippen molar-refractivity contribution in [3.05, 3.63) is 48.5 Å². The van der Waals surface area contributed by atoms with Crippen LogP contribution in [0.25, 0.3) is 11.1 Å². The van der Waals surface area contributed by atoms with E-state index in [0.717, 1.165) is 11.1 Å². The first-order chi connectivity index (χ1) is 10.4. The summed E-state index contributed by atoms with van der Waals surface area (Å²) in [6.07, 6.45) is 0. The van der Waals surface area contributed by atoms with E-state index in [4.69, 9.17) is 5.73 Å². The molecule has 118 valence electrons. The van der Waals surface area contributed by atoms with Crippen LogP contribution in [-0.4, -0.2) is 40.5 Å². The Morgan fingerprint density at radius 2 is 1.45 bits per heavy atom. The molecule has 0 aliphatic heterocycles. The molecule has 6 heteroatoms. The average Bonchev–Trinajstić information content (AvgIpc) is 2.47. The number of nitrogens with zero attached hydrogens (tertiary/aromatic N) is 1. The molecule has 2 aromatic rings. The first-order valence-corrected chi connectivity index (χ1v) is 8.47. The molecular weight excluding hydrogens is 298 g/mol. The molecule has 0 aliphatic carbocycles. The smallest absolute Gasteiger partial charge is 0.240 e. The van der Waals surface area contributed by atoms with E-state index in [-0.39, 0.29) is 4.90 Å². The van der Waals surface area contributed by atoms with Crippen LogP contribution in [0.1, 0.15) is 0 Å². The normalized spacial score (nSPS) is 11.8. The van der Waals surface area contributed by atoms with Gasteiger partial charge in [-0.1, -0.05) is 24.3 Å². The van der Waals surface area contributed by atoms with E-state index in [1.807, 2.05) is 43.3 Å². The van der Waals surface area contributed by atoms with Crippen LogP contribution in [-0.2, 0) is 10.0 Å². The number of likely N-dealkylation sites (N-methyl/N-ethyl adjacent to an activating group) is 1. The fraction of sp³-hybridized carbons (Fsp3) is 0.250. The minimum atomic E-state index is -3.46. The summed E-state index contributed by atoms with van der Waals surface area (Å²) in [4.78, 5) is 2.19. The first-order valence-electron chi connectivity index (χ1n) is 6.99. The maximum Gasteiger partial charge on any atom is 0.240 e. The van der Waals surface area contributed by atoms with Crippen molar-refractivity contribution in [1.29, 1.82) is 0 Å². The van der Waals surface area contributed by atoms with Gasteiger partial charge in [0.05, 0.1) is 4.90 Å². The number of anilines is 1. The van der Waals surface area contributed by atoms with E-state index >= 15 is 0 Å². The molecule has 0 heterocycles. The number of nitrogen functional groups attached to an aromatic ring is 1. The number of sulfonamides is 1. The predicted octanol–water partition coefficient (Wildman–Crippen LogP) is 1.78. The van der Waals surface area contributed by atoms with Crippen LogP contribution in [0.5, 0.6) is 0 Å². The van der Waals surface area contributed by atoms with Crippen LogP contribution in [0, 0.1) is 0 Å². The molecule has 0 saturated carbocycles. The Kier molecular flexibility index (Phi) is 5.18. The maximum atomic E-state index is 12.2. The minimum Gasteiger partial charge on any atom is -0.399 e. The van der Waals surface area contributed by atoms with Crippen molar-refractivity contribution in [2.24, 2.45) is 0 Å². The number of hydrogen-bond acceptors (Lipinski definition) is 4. The Bertz CT molecular complexity index is 708. The predicted molar refractivity (Wildman–Crippen MR) is 90.0 cm³/mol. The topological polar surface area (TPSA) is 75.4 Å². The molecule has 0 aromatic heterocycles. The first kappa shape index (κ1) is 16.5. The van der Waals surface area contributed by atoms with Crippen LogP contribution in [0.15, 0.2) is 53.4 Å². The summed E-state index contributed by atoms with van der Waals surface area (Å²) in [5.74, 6) is 0. The van der Waals surface area contributed by atoms with Gasteiger partial charge in [-0.05, 0) is 49.5 Å². The van der Waals surface area contributed by atoms with Crippen molar-refractivity contribution in [2.75, 3.05) is 32.9 Å². The lowest BCUT2D eigenvalue weighted by Crippen LogP contribution is -2.31. The molecule has 0 bridgehead atoms. The van der Waals surface area contributed by atoms with Gasteiger partial charge in [0.15, 0.2) is 0 Å². The zero-order valence-corrected chi connectivity index (χ0v) is 13.6. The summed E-state index contributed by atoms with van der Waals surface area (Å²) < 4.78 is 26.9. The molecule has 5 nitrogen and oxygen atoms in total. The summed E-state index contributed by atoms with van der Waals surface area (Å²) in [7, 11) is 0.339. The second-order valence-corrected chi connectivity index (χ2v) is 7.11. The van der Waals surface area contributed by atoms with Gasteiger partial charge < -0.3 is 10.6 Å². The zero-order valence-electron chi connectivity index (χ0n) is 12.8. The maximum absolute atomic E-state index is 12.2. The van der Waals surface area contributed by atoms with E-state index < -0.39 is 10.0 Å². The molecular formula is C16H21N3O2S. The standard InChI is InChI=1S/C16H21N3O2S/c1-19(2)12-11-18-22(20,21)16-9-5-14(6-10-16)13-3-7-15(17)8-4-13/h3-10,18H,11-12,17H2,1-2H3. The average molecular weight is 319 g/mol. The van der Waals surface area contributed by atoms with Gasteiger partial charge >= 0.3 is 0 Å². The molecule has 0 amide bonds. The van der Waals surface area contributed by atoms with Gasteiger partial charge in [-0.3, -0.25) is 0 Å². The van der Waals surface area contributed by atoms with Crippen molar-refractivity contribution >= 4 is 15.7 Å². The number of rotatable bonds is 6. The fourth-order valence-corrected chi connectivity index (χ4v) is 3.01. The number of benzene rings is 2. The van der Waals surface area contributed by atoms with Crippen molar-refractivity contribution in [3.63, 3.8) is 0 Å². The molecule has 0 unspecified atom stereocenters. The molecule has 0 spiro atoms. The molecule has 2 aromatic carbocycles. The Hall–Kier alpha value is -1.89. The Morgan fingerprint density at radius 3 is 1.95 bits per heavy atom. The number of hydrogen-bond donors (Lipinski definition) is 2. The van der Waals surface area contributed by atoms with Crippen molar-refractivity contribution in [1.82, 2.24) is 9.62 Å². The van der Waals surface area contributed by atoms with Crippen LogP contribution < -0.4 is 10.5 Å². The Morgan fingerprint density at radius 1 is 0.955 bits per heavy atom. The van der Waals surface area contributed by atoms with Crippen LogP contribution in [0.2, 0.25) is 0 Å². The summed E-state index contributed by atoms with van der Waals surface area (Å²) >= 11 is 0. The highest BCUT2D eigenvalue weighted by Gasteiger charge is 2.13. The molecule has 2 rings (SSSR count). The van der Waals surface area contributed by atoms with E-state index in [0.29, 0.717) is 18.8 Å². The molecule has 0 saturated heterocycles. The van der Waals surface area contributed by atoms with Gasteiger partial charge in [0, 0.05) is 18.8 Å². The molecule has 22 heavy (non-hydrogen) atoms. The third-order valence-corrected chi connectivity index (χ3v) is 4.74. The highest BCUT2D eigenvalue weighted by molar-refractivity contribution is 7.89. The van der Waals surface area contributed by atoms with Crippen molar-refractivity contribution in [2.45, 2.75) is 4.90 Å². The summed E-state index contributed by atoms with van der Waals surface area (Å²) in [6, 6.07) is 14.3. The second-order valence-electron chi connectivity index (χ2n) is 5.35. The largest absolute Gasteiger partial charge is 0.399 e. The van der Waals surface area contributed by atoms with Gasteiger partial charge in [-0.25, -0.2) is 13.1 Å². The van der Waals surface area contributed by atoms with Gasteiger partial charge in [0.1, 0.15) is 0 Å². The van der Waals surface area contributed by atoms with E-state index in [2.05, 4.69) is 4.72 Å². The van der Waals surface area contributed by atoms with Crippen LogP contribution in [0.3, 0.4) is 0 Å². The number of nitrogens with one attached hydrogen (secondary N) is 1. The summed E-state index contributed by atoms with van der Waals surface area (Å²) in [5, 5.41) is 0. The molecule has 0 atom stereocenters. The van der Waals surface area contributed by atoms with Crippen molar-refractivity contribution < 1.29 is 8.42 Å². The fourth-order valence-electron chi connectivity index (χ4n) is 1.99. The third-order valence-electron chi connectivity index (χ3n) is 3.26. The molecule has 3 N–H and O–H groups in total. The molecule has 0 aliphatic rings. The minimum absolute atomic E-state index is 0.269. The zero-order chi connectivity index (χ0) is 16.2. The van der Waals surface area contributed by atoms with Crippen molar-refractivity contribution in [3.8, 4) is 11.1 Å². The third kappa shape index (κ3) is 4.30. The quantitative estimate of drug-likeness (QED) is 0.796. The van der Waals surface area contributed by atoms with Gasteiger partial charge in [0.2, 0.25) is 10.0 Å². The van der Waals surface area contributed by atoms with Gasteiger partial charge in [-0.15, -0.1) is 0 Å². The summed E-state index contributed by atoms with van der Waals surface area (Å²) in [5.41, 5.74) is 8.31. The summed E-state index contributed by atoms with van der Waals surface area (Å²) in [6.45, 7) is 1.04. The highest BCUT2D eigenvalue weighted by atomic mass is 32.2. The van der Waals surface area contributed by atoms with E-state index in [1.54, 1.807) is 24.3 Å². The van der Waals surface area contributed by atoms with Gasteiger partial charge in [-0.2, -0.15) is 0 Å². The van der Waals surface area contributed by atoms with Crippen LogP contribution >= 0.6 is 0 Å². The highest BCUT2D eigenvalue weighted by Crippen LogP contribution is 2.22. The lowest BCUT2D eigenvalue weighted by Gasteiger charge is -2.11. The lowest BCUT2D eigenvalue weighted by atomic mass is 10.1. The number of nitrogens with two attached hydrogens (primary N) is 1.